The number of aromatic nitrogens is 1. The van der Waals surface area contributed by atoms with Crippen molar-refractivity contribution in [1.82, 2.24) is 4.98 Å². The summed E-state index contributed by atoms with van der Waals surface area (Å²) in [6, 6.07) is 8.89. The lowest BCUT2D eigenvalue weighted by Gasteiger charge is -2.10. The number of hydrogen-bond acceptors (Lipinski definition) is 4. The van der Waals surface area contributed by atoms with Crippen LogP contribution in [0.2, 0.25) is 0 Å². The van der Waals surface area contributed by atoms with Crippen molar-refractivity contribution < 1.29 is 9.52 Å². The molecule has 0 aliphatic carbocycles. The number of aliphatic hydroxyl groups excluding tert-OH is 1. The van der Waals surface area contributed by atoms with Gasteiger partial charge in [0, 0.05) is 13.1 Å². The quantitative estimate of drug-likeness (QED) is 0.829. The molecular formula is C12H12N2O2. The van der Waals surface area contributed by atoms with Gasteiger partial charge in [-0.3, -0.25) is 0 Å². The predicted octanol–water partition coefficient (Wildman–Crippen LogP) is 1.69. The predicted molar refractivity (Wildman–Crippen MR) is 58.8 cm³/mol. The van der Waals surface area contributed by atoms with Crippen LogP contribution in [0.4, 0.5) is 6.01 Å². The first-order chi connectivity index (χ1) is 7.86. The van der Waals surface area contributed by atoms with E-state index in [9.17, 15) is 0 Å². The third kappa shape index (κ3) is 1.47. The Labute approximate surface area is 93.1 Å². The number of aliphatic hydroxyl groups is 1. The van der Waals surface area contributed by atoms with Gasteiger partial charge in [-0.1, -0.05) is 24.3 Å². The van der Waals surface area contributed by atoms with Gasteiger partial charge >= 0.3 is 0 Å². The molecule has 0 atom stereocenters. The van der Waals surface area contributed by atoms with Crippen molar-refractivity contribution in [1.29, 1.82) is 0 Å². The average molecular weight is 216 g/mol. The standard InChI is InChI=1S/C12H12N2O2/c15-7-11-8-16-12(13-11)14-5-9-3-1-2-4-10(9)6-14/h1-4,8,15H,5-7H2. The molecule has 2 heterocycles. The Morgan fingerprint density at radius 2 is 1.94 bits per heavy atom. The largest absolute Gasteiger partial charge is 0.432 e. The zero-order chi connectivity index (χ0) is 11.0. The van der Waals surface area contributed by atoms with Gasteiger partial charge in [-0.15, -0.1) is 0 Å². The van der Waals surface area contributed by atoms with E-state index < -0.39 is 0 Å². The molecule has 4 heteroatoms. The molecule has 82 valence electrons. The van der Waals surface area contributed by atoms with Crippen molar-refractivity contribution in [3.05, 3.63) is 47.3 Å². The Morgan fingerprint density at radius 3 is 2.50 bits per heavy atom. The normalized spacial score (nSPS) is 14.2. The fourth-order valence-corrected chi connectivity index (χ4v) is 1.98. The second-order valence-electron chi connectivity index (χ2n) is 3.90. The summed E-state index contributed by atoms with van der Waals surface area (Å²) in [4.78, 5) is 6.26. The fraction of sp³-hybridized carbons (Fsp3) is 0.250. The zero-order valence-corrected chi connectivity index (χ0v) is 8.76. The second kappa shape index (κ2) is 3.64. The summed E-state index contributed by atoms with van der Waals surface area (Å²) in [5.74, 6) is 0. The first-order valence-corrected chi connectivity index (χ1v) is 5.24. The Morgan fingerprint density at radius 1 is 1.25 bits per heavy atom. The minimum atomic E-state index is -0.0791. The summed E-state index contributed by atoms with van der Waals surface area (Å²) in [7, 11) is 0. The van der Waals surface area contributed by atoms with Gasteiger partial charge in [-0.25, -0.2) is 0 Å². The highest BCUT2D eigenvalue weighted by atomic mass is 16.4. The van der Waals surface area contributed by atoms with E-state index in [4.69, 9.17) is 9.52 Å². The molecule has 0 fully saturated rings. The smallest absolute Gasteiger partial charge is 0.298 e. The van der Waals surface area contributed by atoms with Crippen molar-refractivity contribution in [3.63, 3.8) is 0 Å². The molecule has 0 bridgehead atoms. The van der Waals surface area contributed by atoms with Gasteiger partial charge in [0.05, 0.1) is 6.61 Å². The van der Waals surface area contributed by atoms with Crippen LogP contribution in [0.1, 0.15) is 16.8 Å². The number of anilines is 1. The van der Waals surface area contributed by atoms with Crippen LogP contribution < -0.4 is 4.90 Å². The maximum Gasteiger partial charge on any atom is 0.298 e. The first kappa shape index (κ1) is 9.42. The molecule has 3 rings (SSSR count). The topological polar surface area (TPSA) is 49.5 Å². The summed E-state index contributed by atoms with van der Waals surface area (Å²) >= 11 is 0. The molecule has 1 N–H and O–H groups in total. The lowest BCUT2D eigenvalue weighted by atomic mass is 10.1. The van der Waals surface area contributed by atoms with Gasteiger partial charge < -0.3 is 14.4 Å². The molecule has 0 amide bonds. The molecule has 1 aliphatic heterocycles. The minimum Gasteiger partial charge on any atom is -0.432 e. The molecule has 0 spiro atoms. The monoisotopic (exact) mass is 216 g/mol. The van der Waals surface area contributed by atoms with Crippen molar-refractivity contribution in [2.24, 2.45) is 0 Å². The summed E-state index contributed by atoms with van der Waals surface area (Å²) in [6.07, 6.45) is 1.50. The van der Waals surface area contributed by atoms with Crippen LogP contribution in [0.15, 0.2) is 34.9 Å². The maximum atomic E-state index is 8.93. The van der Waals surface area contributed by atoms with Gasteiger partial charge in [0.15, 0.2) is 0 Å². The molecule has 16 heavy (non-hydrogen) atoms. The maximum absolute atomic E-state index is 8.93. The lowest BCUT2D eigenvalue weighted by Crippen LogP contribution is -2.14. The molecular weight excluding hydrogens is 204 g/mol. The molecule has 0 radical (unpaired) electrons. The van der Waals surface area contributed by atoms with E-state index >= 15 is 0 Å². The Hall–Kier alpha value is -1.81. The molecule has 0 unspecified atom stereocenters. The van der Waals surface area contributed by atoms with E-state index in [0.717, 1.165) is 13.1 Å². The Bertz CT molecular complexity index is 482. The van der Waals surface area contributed by atoms with E-state index in [1.54, 1.807) is 0 Å². The number of benzene rings is 1. The van der Waals surface area contributed by atoms with Crippen molar-refractivity contribution >= 4 is 6.01 Å². The fourth-order valence-electron chi connectivity index (χ4n) is 1.98. The molecule has 0 saturated heterocycles. The van der Waals surface area contributed by atoms with E-state index in [1.165, 1.54) is 17.4 Å². The van der Waals surface area contributed by atoms with Crippen LogP contribution in [0.25, 0.3) is 0 Å². The molecule has 1 aromatic heterocycles. The summed E-state index contributed by atoms with van der Waals surface area (Å²) in [5.41, 5.74) is 3.20. The first-order valence-electron chi connectivity index (χ1n) is 5.24. The third-order valence-corrected chi connectivity index (χ3v) is 2.81. The third-order valence-electron chi connectivity index (χ3n) is 2.81. The highest BCUT2D eigenvalue weighted by molar-refractivity contribution is 5.42. The molecule has 0 saturated carbocycles. The Kier molecular flexibility index (Phi) is 2.15. The van der Waals surface area contributed by atoms with Gasteiger partial charge in [-0.2, -0.15) is 4.98 Å². The van der Waals surface area contributed by atoms with Crippen molar-refractivity contribution in [3.8, 4) is 0 Å². The van der Waals surface area contributed by atoms with Gasteiger partial charge in [-0.05, 0) is 11.1 Å². The molecule has 2 aromatic rings. The van der Waals surface area contributed by atoms with Crippen LogP contribution in [0.5, 0.6) is 0 Å². The summed E-state index contributed by atoms with van der Waals surface area (Å²) in [6.45, 7) is 1.56. The van der Waals surface area contributed by atoms with Gasteiger partial charge in [0.1, 0.15) is 12.0 Å². The van der Waals surface area contributed by atoms with Gasteiger partial charge in [0.2, 0.25) is 0 Å². The number of nitrogens with zero attached hydrogens (tertiary/aromatic N) is 2. The van der Waals surface area contributed by atoms with Crippen LogP contribution in [-0.2, 0) is 19.7 Å². The number of hydrogen-bond donors (Lipinski definition) is 1. The Balaban J connectivity index is 1.85. The van der Waals surface area contributed by atoms with E-state index in [0.29, 0.717) is 11.7 Å². The lowest BCUT2D eigenvalue weighted by molar-refractivity contribution is 0.276. The van der Waals surface area contributed by atoms with Gasteiger partial charge in [0.25, 0.3) is 6.01 Å². The molecule has 1 aliphatic rings. The molecule has 4 nitrogen and oxygen atoms in total. The number of rotatable bonds is 2. The van der Waals surface area contributed by atoms with Crippen molar-refractivity contribution in [2.75, 3.05) is 4.90 Å². The van der Waals surface area contributed by atoms with Crippen LogP contribution in [0, 0.1) is 0 Å². The number of fused-ring (bicyclic) bond motifs is 1. The zero-order valence-electron chi connectivity index (χ0n) is 8.76. The minimum absolute atomic E-state index is 0.0791. The second-order valence-corrected chi connectivity index (χ2v) is 3.90. The number of oxazole rings is 1. The van der Waals surface area contributed by atoms with Crippen molar-refractivity contribution in [2.45, 2.75) is 19.7 Å². The van der Waals surface area contributed by atoms with Crippen LogP contribution in [-0.4, -0.2) is 10.1 Å². The SMILES string of the molecule is OCc1coc(N2Cc3ccccc3C2)n1. The van der Waals surface area contributed by atoms with Crippen LogP contribution >= 0.6 is 0 Å². The van der Waals surface area contributed by atoms with E-state index in [2.05, 4.69) is 22.0 Å². The van der Waals surface area contributed by atoms with Crippen LogP contribution in [0.3, 0.4) is 0 Å². The molecule has 1 aromatic carbocycles. The average Bonchev–Trinajstić information content (AvgIpc) is 2.95. The van der Waals surface area contributed by atoms with E-state index in [1.807, 2.05) is 12.1 Å². The summed E-state index contributed by atoms with van der Waals surface area (Å²) in [5, 5.41) is 8.93. The highest BCUT2D eigenvalue weighted by Gasteiger charge is 2.21. The summed E-state index contributed by atoms with van der Waals surface area (Å²) < 4.78 is 5.33. The van der Waals surface area contributed by atoms with E-state index in [-0.39, 0.29) is 6.61 Å². The highest BCUT2D eigenvalue weighted by Crippen LogP contribution is 2.27.